The Bertz CT molecular complexity index is 1210. The summed E-state index contributed by atoms with van der Waals surface area (Å²) in [5.74, 6) is -0.489. The Labute approximate surface area is 157 Å². The van der Waals surface area contributed by atoms with Gasteiger partial charge < -0.3 is 4.42 Å². The molecule has 4 aromatic rings. The largest absolute Gasteiger partial charge is 0.433 e. The van der Waals surface area contributed by atoms with Gasteiger partial charge in [0, 0.05) is 17.3 Å². The second kappa shape index (κ2) is 6.29. The van der Waals surface area contributed by atoms with E-state index in [1.165, 1.54) is 25.1 Å². The zero-order valence-electron chi connectivity index (χ0n) is 14.4. The monoisotopic (exact) mass is 413 g/mol. The van der Waals surface area contributed by atoms with E-state index < -0.39 is 23.6 Å². The van der Waals surface area contributed by atoms with Crippen LogP contribution in [-0.2, 0) is 12.4 Å². The summed E-state index contributed by atoms with van der Waals surface area (Å²) < 4.78 is 84.2. The van der Waals surface area contributed by atoms with Gasteiger partial charge in [-0.2, -0.15) is 31.4 Å². The predicted octanol–water partition coefficient (Wildman–Crippen LogP) is 4.79. The van der Waals surface area contributed by atoms with E-state index in [2.05, 4.69) is 20.3 Å². The van der Waals surface area contributed by atoms with Crippen LogP contribution in [0, 0.1) is 6.92 Å². The highest BCUT2D eigenvalue weighted by atomic mass is 19.4. The summed E-state index contributed by atoms with van der Waals surface area (Å²) >= 11 is 0. The Morgan fingerprint density at radius 2 is 1.62 bits per heavy atom. The van der Waals surface area contributed by atoms with Gasteiger partial charge in [0.2, 0.25) is 5.89 Å². The molecule has 6 nitrogen and oxygen atoms in total. The second-order valence-corrected chi connectivity index (χ2v) is 6.07. The lowest BCUT2D eigenvalue weighted by Gasteiger charge is -2.08. The molecular formula is C17H9F6N5O. The maximum Gasteiger partial charge on any atom is 0.433 e. The summed E-state index contributed by atoms with van der Waals surface area (Å²) in [6.45, 7) is 1.40. The normalized spacial score (nSPS) is 12.7. The van der Waals surface area contributed by atoms with E-state index in [1.54, 1.807) is 0 Å². The molecule has 0 unspecified atom stereocenters. The van der Waals surface area contributed by atoms with Crippen LogP contribution in [0.25, 0.3) is 28.7 Å². The Hall–Kier alpha value is -3.44. The molecule has 150 valence electrons. The SMILES string of the molecule is Cc1cc(C(F)(F)F)n2nc(-c3nnc(-c4cccc(C(F)(F)F)c4)o3)cc2n1. The van der Waals surface area contributed by atoms with Crippen LogP contribution in [-0.4, -0.2) is 24.8 Å². The van der Waals surface area contributed by atoms with Crippen molar-refractivity contribution in [3.8, 4) is 23.0 Å². The number of aryl methyl sites for hydroxylation is 1. The molecule has 0 aliphatic carbocycles. The first-order chi connectivity index (χ1) is 13.5. The molecule has 3 heterocycles. The predicted molar refractivity (Wildman–Crippen MR) is 86.5 cm³/mol. The van der Waals surface area contributed by atoms with E-state index in [-0.39, 0.29) is 34.4 Å². The van der Waals surface area contributed by atoms with Gasteiger partial charge in [0.1, 0.15) is 5.69 Å². The summed E-state index contributed by atoms with van der Waals surface area (Å²) in [4.78, 5) is 3.99. The standard InChI is InChI=1S/C17H9F6N5O/c1-8-5-12(17(21,22)23)28-13(24-8)7-11(27-28)15-26-25-14(29-15)9-3-2-4-10(6-9)16(18,19)20/h2-7H,1H3. The van der Waals surface area contributed by atoms with E-state index in [0.717, 1.165) is 18.2 Å². The van der Waals surface area contributed by atoms with E-state index in [1.807, 2.05) is 0 Å². The van der Waals surface area contributed by atoms with Crippen LogP contribution < -0.4 is 0 Å². The fourth-order valence-corrected chi connectivity index (χ4v) is 2.68. The Kier molecular flexibility index (Phi) is 4.10. The number of rotatable bonds is 2. The topological polar surface area (TPSA) is 69.1 Å². The summed E-state index contributed by atoms with van der Waals surface area (Å²) in [7, 11) is 0. The number of aromatic nitrogens is 5. The summed E-state index contributed by atoms with van der Waals surface area (Å²) in [5, 5.41) is 11.2. The summed E-state index contributed by atoms with van der Waals surface area (Å²) in [6.07, 6.45) is -9.23. The molecule has 0 N–H and O–H groups in total. The van der Waals surface area contributed by atoms with Gasteiger partial charge >= 0.3 is 12.4 Å². The van der Waals surface area contributed by atoms with Crippen LogP contribution in [0.4, 0.5) is 26.3 Å². The Morgan fingerprint density at radius 3 is 2.31 bits per heavy atom. The van der Waals surface area contributed by atoms with Gasteiger partial charge in [-0.05, 0) is 31.2 Å². The lowest BCUT2D eigenvalue weighted by Crippen LogP contribution is -2.13. The van der Waals surface area contributed by atoms with Crippen molar-refractivity contribution in [3.05, 3.63) is 53.3 Å². The van der Waals surface area contributed by atoms with Crippen LogP contribution >= 0.6 is 0 Å². The fraction of sp³-hybridized carbons (Fsp3) is 0.176. The van der Waals surface area contributed by atoms with Gasteiger partial charge in [0.15, 0.2) is 11.3 Å². The highest BCUT2D eigenvalue weighted by Gasteiger charge is 2.35. The molecular weight excluding hydrogens is 404 g/mol. The number of halogens is 6. The van der Waals surface area contributed by atoms with Gasteiger partial charge in [-0.3, -0.25) is 0 Å². The molecule has 0 saturated carbocycles. The highest BCUT2D eigenvalue weighted by molar-refractivity contribution is 5.60. The van der Waals surface area contributed by atoms with Crippen molar-refractivity contribution in [1.29, 1.82) is 0 Å². The second-order valence-electron chi connectivity index (χ2n) is 6.07. The van der Waals surface area contributed by atoms with Crippen LogP contribution in [0.15, 0.2) is 40.8 Å². The molecule has 1 aromatic carbocycles. The fourth-order valence-electron chi connectivity index (χ4n) is 2.68. The van der Waals surface area contributed by atoms with Gasteiger partial charge in [0.25, 0.3) is 5.89 Å². The molecule has 0 aliphatic rings. The molecule has 3 aromatic heterocycles. The van der Waals surface area contributed by atoms with E-state index in [0.29, 0.717) is 4.52 Å². The maximum absolute atomic E-state index is 13.2. The van der Waals surface area contributed by atoms with Gasteiger partial charge in [0.05, 0.1) is 5.56 Å². The van der Waals surface area contributed by atoms with Crippen molar-refractivity contribution >= 4 is 5.65 Å². The quantitative estimate of drug-likeness (QED) is 0.442. The minimum atomic E-state index is -4.67. The van der Waals surface area contributed by atoms with Crippen molar-refractivity contribution in [2.45, 2.75) is 19.3 Å². The number of nitrogens with zero attached hydrogens (tertiary/aromatic N) is 5. The van der Waals surface area contributed by atoms with Gasteiger partial charge in [-0.1, -0.05) is 6.07 Å². The van der Waals surface area contributed by atoms with Gasteiger partial charge in [-0.15, -0.1) is 10.2 Å². The zero-order valence-corrected chi connectivity index (χ0v) is 14.4. The molecule has 29 heavy (non-hydrogen) atoms. The minimum Gasteiger partial charge on any atom is -0.415 e. The minimum absolute atomic E-state index is 0.00675. The first kappa shape index (κ1) is 18.9. The molecule has 0 amide bonds. The first-order valence-electron chi connectivity index (χ1n) is 7.98. The van der Waals surface area contributed by atoms with Crippen LogP contribution in [0.3, 0.4) is 0 Å². The Balaban J connectivity index is 1.77. The van der Waals surface area contributed by atoms with Crippen LogP contribution in [0.5, 0.6) is 0 Å². The highest BCUT2D eigenvalue weighted by Crippen LogP contribution is 2.33. The third-order valence-corrected chi connectivity index (χ3v) is 3.93. The van der Waals surface area contributed by atoms with E-state index in [9.17, 15) is 26.3 Å². The average Bonchev–Trinajstić information content (AvgIpc) is 3.26. The van der Waals surface area contributed by atoms with Crippen LogP contribution in [0.1, 0.15) is 17.0 Å². The van der Waals surface area contributed by atoms with Crippen molar-refractivity contribution in [3.63, 3.8) is 0 Å². The van der Waals surface area contributed by atoms with Gasteiger partial charge in [-0.25, -0.2) is 9.50 Å². The lowest BCUT2D eigenvalue weighted by molar-refractivity contribution is -0.142. The van der Waals surface area contributed by atoms with Crippen molar-refractivity contribution in [1.82, 2.24) is 24.8 Å². The molecule has 4 rings (SSSR count). The average molecular weight is 413 g/mol. The number of benzene rings is 1. The molecule has 0 spiro atoms. The van der Waals surface area contributed by atoms with Crippen LogP contribution in [0.2, 0.25) is 0 Å². The molecule has 0 atom stereocenters. The van der Waals surface area contributed by atoms with Crippen molar-refractivity contribution in [2.75, 3.05) is 0 Å². The Morgan fingerprint density at radius 1 is 0.897 bits per heavy atom. The zero-order chi connectivity index (χ0) is 21.0. The first-order valence-corrected chi connectivity index (χ1v) is 7.98. The molecule has 0 fully saturated rings. The van der Waals surface area contributed by atoms with E-state index >= 15 is 0 Å². The smallest absolute Gasteiger partial charge is 0.415 e. The third-order valence-electron chi connectivity index (χ3n) is 3.93. The summed E-state index contributed by atoms with van der Waals surface area (Å²) in [6, 6.07) is 6.28. The lowest BCUT2D eigenvalue weighted by atomic mass is 10.1. The number of alkyl halides is 6. The number of fused-ring (bicyclic) bond motifs is 1. The summed E-state index contributed by atoms with van der Waals surface area (Å²) in [5.41, 5.74) is -2.00. The maximum atomic E-state index is 13.2. The van der Waals surface area contributed by atoms with Crippen molar-refractivity contribution in [2.24, 2.45) is 0 Å². The number of hydrogen-bond donors (Lipinski definition) is 0. The van der Waals surface area contributed by atoms with E-state index in [4.69, 9.17) is 4.42 Å². The molecule has 0 saturated heterocycles. The molecule has 0 radical (unpaired) electrons. The molecule has 12 heteroatoms. The third kappa shape index (κ3) is 3.52. The molecule has 0 aliphatic heterocycles. The molecule has 0 bridgehead atoms. The number of hydrogen-bond acceptors (Lipinski definition) is 5. The van der Waals surface area contributed by atoms with Crippen molar-refractivity contribution < 1.29 is 30.8 Å².